The van der Waals surface area contributed by atoms with Crippen molar-refractivity contribution in [3.63, 3.8) is 0 Å². The van der Waals surface area contributed by atoms with Crippen LogP contribution in [0.4, 0.5) is 0 Å². The van der Waals surface area contributed by atoms with E-state index in [-0.39, 0.29) is 16.4 Å². The van der Waals surface area contributed by atoms with E-state index in [1.165, 1.54) is 24.1 Å². The van der Waals surface area contributed by atoms with Gasteiger partial charge in [0.25, 0.3) is 0 Å². The number of halogens is 1. The van der Waals surface area contributed by atoms with Gasteiger partial charge in [-0.1, -0.05) is 11.6 Å². The van der Waals surface area contributed by atoms with Gasteiger partial charge in [0, 0.05) is 19.4 Å². The van der Waals surface area contributed by atoms with Gasteiger partial charge in [-0.05, 0) is 6.07 Å². The van der Waals surface area contributed by atoms with E-state index in [4.69, 9.17) is 16.7 Å². The quantitative estimate of drug-likeness (QED) is 0.851. The number of carboxylic acid groups (broad SMARTS) is 1. The maximum absolute atomic E-state index is 10.9. The fourth-order valence-electron chi connectivity index (χ4n) is 1.29. The number of aromatic nitrogens is 4. The minimum atomic E-state index is -1.14. The van der Waals surface area contributed by atoms with E-state index in [1.807, 2.05) is 0 Å². The molecule has 2 heterocycles. The molecule has 0 saturated heterocycles. The van der Waals surface area contributed by atoms with E-state index in [2.05, 4.69) is 15.1 Å². The highest BCUT2D eigenvalue weighted by molar-refractivity contribution is 6.35. The number of rotatable bonds is 2. The maximum Gasteiger partial charge on any atom is 0.355 e. The van der Waals surface area contributed by atoms with Gasteiger partial charge in [0.05, 0.1) is 0 Å². The lowest BCUT2D eigenvalue weighted by Crippen LogP contribution is -2.05. The van der Waals surface area contributed by atoms with Gasteiger partial charge in [0.2, 0.25) is 0 Å². The summed E-state index contributed by atoms with van der Waals surface area (Å²) in [5.74, 6) is -0.835. The number of hydrogen-bond donors (Lipinski definition) is 1. The lowest BCUT2D eigenvalue weighted by atomic mass is 10.3. The molecule has 0 fully saturated rings. The molecule has 0 radical (unpaired) electrons. The van der Waals surface area contributed by atoms with Gasteiger partial charge in [-0.2, -0.15) is 5.10 Å². The molecule has 2 rings (SSSR count). The monoisotopic (exact) mass is 238 g/mol. The molecule has 0 aliphatic carbocycles. The Morgan fingerprint density at radius 3 is 2.56 bits per heavy atom. The maximum atomic E-state index is 10.9. The third kappa shape index (κ3) is 1.63. The number of hydrogen-bond acceptors (Lipinski definition) is 4. The predicted octanol–water partition coefficient (Wildman–Crippen LogP) is 1.23. The third-order valence-corrected chi connectivity index (χ3v) is 2.33. The van der Waals surface area contributed by atoms with Gasteiger partial charge in [-0.25, -0.2) is 14.8 Å². The van der Waals surface area contributed by atoms with Gasteiger partial charge in [0.15, 0.2) is 11.5 Å². The highest BCUT2D eigenvalue weighted by Crippen LogP contribution is 2.26. The van der Waals surface area contributed by atoms with E-state index in [0.717, 1.165) is 0 Å². The van der Waals surface area contributed by atoms with E-state index in [0.29, 0.717) is 5.82 Å². The Morgan fingerprint density at radius 2 is 2.06 bits per heavy atom. The Labute approximate surface area is 95.5 Å². The molecule has 0 aromatic carbocycles. The molecule has 0 spiro atoms. The van der Waals surface area contributed by atoms with E-state index < -0.39 is 5.97 Å². The van der Waals surface area contributed by atoms with Crippen LogP contribution in [0.2, 0.25) is 5.02 Å². The first-order valence-electron chi connectivity index (χ1n) is 4.34. The first-order valence-corrected chi connectivity index (χ1v) is 4.72. The molecule has 1 N–H and O–H groups in total. The second-order valence-corrected chi connectivity index (χ2v) is 3.39. The molecule has 16 heavy (non-hydrogen) atoms. The highest BCUT2D eigenvalue weighted by atomic mass is 35.5. The predicted molar refractivity (Wildman–Crippen MR) is 56.2 cm³/mol. The summed E-state index contributed by atoms with van der Waals surface area (Å²) in [5.41, 5.74) is 0.186. The SMILES string of the molecule is Cn1nc(-c2ncccn2)c(Cl)c1C(=O)O. The van der Waals surface area contributed by atoms with Crippen molar-refractivity contribution >= 4 is 17.6 Å². The molecule has 0 aliphatic heterocycles. The third-order valence-electron chi connectivity index (χ3n) is 1.97. The molecule has 2 aromatic rings. The summed E-state index contributed by atoms with van der Waals surface area (Å²) < 4.78 is 1.19. The summed E-state index contributed by atoms with van der Waals surface area (Å²) in [5, 5.41) is 12.9. The van der Waals surface area contributed by atoms with Crippen molar-refractivity contribution in [2.24, 2.45) is 7.05 Å². The van der Waals surface area contributed by atoms with Crippen LogP contribution in [-0.4, -0.2) is 30.8 Å². The highest BCUT2D eigenvalue weighted by Gasteiger charge is 2.22. The molecule has 7 heteroatoms. The standard InChI is InChI=1S/C9H7ClN4O2/c1-14-7(9(15)16)5(10)6(13-14)8-11-3-2-4-12-8/h2-4H,1H3,(H,15,16). The van der Waals surface area contributed by atoms with Crippen molar-refractivity contribution in [1.29, 1.82) is 0 Å². The lowest BCUT2D eigenvalue weighted by molar-refractivity contribution is 0.0685. The Balaban J connectivity index is 2.61. The van der Waals surface area contributed by atoms with Crippen LogP contribution < -0.4 is 0 Å². The van der Waals surface area contributed by atoms with Crippen molar-refractivity contribution in [3.05, 3.63) is 29.2 Å². The average Bonchev–Trinajstić information content (AvgIpc) is 2.55. The van der Waals surface area contributed by atoms with Crippen molar-refractivity contribution in [1.82, 2.24) is 19.7 Å². The topological polar surface area (TPSA) is 80.9 Å². The Bertz CT molecular complexity index is 538. The lowest BCUT2D eigenvalue weighted by Gasteiger charge is -1.93. The van der Waals surface area contributed by atoms with Crippen LogP contribution in [0.25, 0.3) is 11.5 Å². The number of nitrogens with zero attached hydrogens (tertiary/aromatic N) is 4. The fraction of sp³-hybridized carbons (Fsp3) is 0.111. The molecular formula is C9H7ClN4O2. The second kappa shape index (κ2) is 3.90. The number of aromatic carboxylic acids is 1. The molecule has 0 aliphatic rings. The summed E-state index contributed by atoms with van der Waals surface area (Å²) in [4.78, 5) is 18.8. The number of carboxylic acids is 1. The minimum absolute atomic E-state index is 0.0428. The Kier molecular flexibility index (Phi) is 2.57. The summed E-state index contributed by atoms with van der Waals surface area (Å²) in [6.45, 7) is 0. The zero-order valence-electron chi connectivity index (χ0n) is 8.25. The van der Waals surface area contributed by atoms with E-state index in [9.17, 15) is 4.79 Å². The molecule has 2 aromatic heterocycles. The molecule has 82 valence electrons. The Hall–Kier alpha value is -1.95. The largest absolute Gasteiger partial charge is 0.476 e. The van der Waals surface area contributed by atoms with Crippen molar-refractivity contribution in [2.45, 2.75) is 0 Å². The molecule has 0 saturated carbocycles. The second-order valence-electron chi connectivity index (χ2n) is 3.01. The number of carbonyl (C=O) groups is 1. The minimum Gasteiger partial charge on any atom is -0.476 e. The van der Waals surface area contributed by atoms with Gasteiger partial charge in [-0.15, -0.1) is 0 Å². The molecule has 6 nitrogen and oxygen atoms in total. The Morgan fingerprint density at radius 1 is 1.44 bits per heavy atom. The summed E-state index contributed by atoms with van der Waals surface area (Å²) in [7, 11) is 1.50. The molecule has 0 atom stereocenters. The van der Waals surface area contributed by atoms with E-state index in [1.54, 1.807) is 6.07 Å². The summed E-state index contributed by atoms with van der Waals surface area (Å²) in [6.07, 6.45) is 3.07. The fourth-order valence-corrected chi connectivity index (χ4v) is 1.62. The molecule has 0 unspecified atom stereocenters. The first-order chi connectivity index (χ1) is 7.61. The molecular weight excluding hydrogens is 232 g/mol. The molecule has 0 bridgehead atoms. The van der Waals surface area contributed by atoms with Crippen LogP contribution >= 0.6 is 11.6 Å². The average molecular weight is 239 g/mol. The smallest absolute Gasteiger partial charge is 0.355 e. The normalized spacial score (nSPS) is 10.4. The molecule has 0 amide bonds. The van der Waals surface area contributed by atoms with Gasteiger partial charge < -0.3 is 5.11 Å². The zero-order valence-corrected chi connectivity index (χ0v) is 9.01. The van der Waals surface area contributed by atoms with Crippen LogP contribution in [0.3, 0.4) is 0 Å². The van der Waals surface area contributed by atoms with Crippen molar-refractivity contribution in [3.8, 4) is 11.5 Å². The van der Waals surface area contributed by atoms with Crippen LogP contribution in [0, 0.1) is 0 Å². The van der Waals surface area contributed by atoms with Crippen LogP contribution in [0.5, 0.6) is 0 Å². The van der Waals surface area contributed by atoms with Gasteiger partial charge >= 0.3 is 5.97 Å². The summed E-state index contributed by atoms with van der Waals surface area (Å²) in [6, 6.07) is 1.65. The van der Waals surface area contributed by atoms with Crippen molar-refractivity contribution < 1.29 is 9.90 Å². The van der Waals surface area contributed by atoms with Crippen LogP contribution in [-0.2, 0) is 7.05 Å². The summed E-state index contributed by atoms with van der Waals surface area (Å²) >= 11 is 5.91. The van der Waals surface area contributed by atoms with Crippen molar-refractivity contribution in [2.75, 3.05) is 0 Å². The van der Waals surface area contributed by atoms with Crippen LogP contribution in [0.1, 0.15) is 10.5 Å². The van der Waals surface area contributed by atoms with Gasteiger partial charge in [0.1, 0.15) is 10.7 Å². The number of aryl methyl sites for hydroxylation is 1. The van der Waals surface area contributed by atoms with E-state index >= 15 is 0 Å². The first kappa shape index (κ1) is 10.6. The zero-order chi connectivity index (χ0) is 11.7. The van der Waals surface area contributed by atoms with Crippen LogP contribution in [0.15, 0.2) is 18.5 Å². The van der Waals surface area contributed by atoms with Gasteiger partial charge in [-0.3, -0.25) is 4.68 Å².